The lowest BCUT2D eigenvalue weighted by Crippen LogP contribution is -2.03. The number of ether oxygens (including phenoxy) is 1. The zero-order valence-corrected chi connectivity index (χ0v) is 8.88. The average Bonchev–Trinajstić information content (AvgIpc) is 2.82. The van der Waals surface area contributed by atoms with Crippen molar-refractivity contribution in [3.8, 4) is 22.8 Å². The second-order valence-corrected chi connectivity index (χ2v) is 3.22. The number of hydrogen-bond donors (Lipinski definition) is 2. The summed E-state index contributed by atoms with van der Waals surface area (Å²) in [5.74, 6) is -1.77. The molecular weight excluding hydrogens is 226 g/mol. The highest BCUT2D eigenvalue weighted by Crippen LogP contribution is 2.33. The molecule has 6 heteroatoms. The predicted octanol–water partition coefficient (Wildman–Crippen LogP) is 1.75. The molecule has 0 radical (unpaired) electrons. The van der Waals surface area contributed by atoms with Gasteiger partial charge in [-0.2, -0.15) is 0 Å². The highest BCUT2D eigenvalue weighted by Gasteiger charge is 2.19. The van der Waals surface area contributed by atoms with Crippen molar-refractivity contribution in [2.45, 2.75) is 0 Å². The van der Waals surface area contributed by atoms with Crippen LogP contribution >= 0.6 is 0 Å². The zero-order chi connectivity index (χ0) is 12.4. The summed E-state index contributed by atoms with van der Waals surface area (Å²) in [5.41, 5.74) is 0.497. The van der Waals surface area contributed by atoms with Gasteiger partial charge in [-0.15, -0.1) is 0 Å². The quantitative estimate of drug-likeness (QED) is 0.841. The number of nitrogens with zero attached hydrogens (tertiary/aromatic N) is 1. The molecule has 2 aromatic heterocycles. The molecule has 0 spiro atoms. The van der Waals surface area contributed by atoms with E-state index in [9.17, 15) is 9.90 Å². The molecule has 2 N–H and O–H groups in total. The second kappa shape index (κ2) is 4.17. The van der Waals surface area contributed by atoms with E-state index in [2.05, 4.69) is 4.98 Å². The lowest BCUT2D eigenvalue weighted by atomic mass is 10.2. The topological polar surface area (TPSA) is 92.8 Å². The van der Waals surface area contributed by atoms with E-state index in [4.69, 9.17) is 14.3 Å². The van der Waals surface area contributed by atoms with E-state index in [-0.39, 0.29) is 5.75 Å². The fourth-order valence-corrected chi connectivity index (χ4v) is 1.38. The van der Waals surface area contributed by atoms with E-state index < -0.39 is 17.4 Å². The molecule has 0 aliphatic carbocycles. The molecule has 0 unspecified atom stereocenters. The van der Waals surface area contributed by atoms with Gasteiger partial charge < -0.3 is 19.4 Å². The molecule has 2 aromatic rings. The van der Waals surface area contributed by atoms with Crippen LogP contribution in [0.2, 0.25) is 0 Å². The Morgan fingerprint density at radius 3 is 2.82 bits per heavy atom. The Kier molecular flexibility index (Phi) is 2.70. The number of methoxy groups -OCH3 is 1. The number of aromatic hydroxyl groups is 1. The molecule has 0 saturated carbocycles. The van der Waals surface area contributed by atoms with Crippen LogP contribution in [0.3, 0.4) is 0 Å². The van der Waals surface area contributed by atoms with Gasteiger partial charge in [-0.1, -0.05) is 0 Å². The van der Waals surface area contributed by atoms with E-state index in [1.54, 1.807) is 6.07 Å². The second-order valence-electron chi connectivity index (χ2n) is 3.22. The van der Waals surface area contributed by atoms with E-state index >= 15 is 0 Å². The fourth-order valence-electron chi connectivity index (χ4n) is 1.38. The Morgan fingerprint density at radius 1 is 1.53 bits per heavy atom. The molecule has 17 heavy (non-hydrogen) atoms. The van der Waals surface area contributed by atoms with Gasteiger partial charge in [-0.3, -0.25) is 0 Å². The monoisotopic (exact) mass is 235 g/mol. The highest BCUT2D eigenvalue weighted by molar-refractivity contribution is 5.90. The van der Waals surface area contributed by atoms with E-state index in [0.717, 1.165) is 0 Å². The summed E-state index contributed by atoms with van der Waals surface area (Å²) in [5, 5.41) is 18.5. The molecule has 0 amide bonds. The van der Waals surface area contributed by atoms with Crippen LogP contribution in [0.5, 0.6) is 11.5 Å². The lowest BCUT2D eigenvalue weighted by molar-refractivity contribution is 0.0686. The van der Waals surface area contributed by atoms with Crippen LogP contribution < -0.4 is 4.74 Å². The van der Waals surface area contributed by atoms with Crippen LogP contribution in [0.25, 0.3) is 11.3 Å². The van der Waals surface area contributed by atoms with Crippen molar-refractivity contribution >= 4 is 5.97 Å². The van der Waals surface area contributed by atoms with Gasteiger partial charge >= 0.3 is 5.97 Å². The predicted molar refractivity (Wildman–Crippen MR) is 57.1 cm³/mol. The van der Waals surface area contributed by atoms with Crippen molar-refractivity contribution in [1.29, 1.82) is 0 Å². The summed E-state index contributed by atoms with van der Waals surface area (Å²) < 4.78 is 9.77. The molecule has 2 heterocycles. The molecule has 0 aromatic carbocycles. The lowest BCUT2D eigenvalue weighted by Gasteiger charge is -2.07. The summed E-state index contributed by atoms with van der Waals surface area (Å²) in [4.78, 5) is 14.7. The molecule has 0 aliphatic rings. The minimum atomic E-state index is -1.33. The van der Waals surface area contributed by atoms with Gasteiger partial charge in [0.1, 0.15) is 0 Å². The highest BCUT2D eigenvalue weighted by atomic mass is 16.5. The largest absolute Gasteiger partial charge is 0.503 e. The molecule has 0 fully saturated rings. The van der Waals surface area contributed by atoms with Crippen LogP contribution in [-0.2, 0) is 0 Å². The maximum absolute atomic E-state index is 10.9. The molecule has 2 rings (SSSR count). The minimum absolute atomic E-state index is 0.0496. The number of carboxylic acids is 1. The van der Waals surface area contributed by atoms with E-state index in [0.29, 0.717) is 11.3 Å². The smallest absolute Gasteiger partial charge is 0.358 e. The van der Waals surface area contributed by atoms with Crippen LogP contribution in [-0.4, -0.2) is 28.3 Å². The third-order valence-electron chi connectivity index (χ3n) is 2.20. The number of hydrogen-bond acceptors (Lipinski definition) is 5. The van der Waals surface area contributed by atoms with E-state index in [1.165, 1.54) is 25.7 Å². The molecule has 6 nitrogen and oxygen atoms in total. The van der Waals surface area contributed by atoms with Crippen molar-refractivity contribution in [2.75, 3.05) is 7.11 Å². The van der Waals surface area contributed by atoms with Crippen molar-refractivity contribution in [3.05, 3.63) is 30.4 Å². The number of furan rings is 1. The molecule has 0 bridgehead atoms. The molecule has 0 aliphatic heterocycles. The van der Waals surface area contributed by atoms with Crippen molar-refractivity contribution in [1.82, 2.24) is 4.98 Å². The summed E-state index contributed by atoms with van der Waals surface area (Å²) in [7, 11) is 1.33. The first-order chi connectivity index (χ1) is 8.13. The first kappa shape index (κ1) is 11.0. The maximum Gasteiger partial charge on any atom is 0.358 e. The SMILES string of the molecule is COc1cc(-c2ccoc2)nc(C(=O)O)c1O. The maximum atomic E-state index is 10.9. The van der Waals surface area contributed by atoms with Crippen LogP contribution in [0.15, 0.2) is 29.1 Å². The van der Waals surface area contributed by atoms with Crippen molar-refractivity contribution < 1.29 is 24.2 Å². The number of carbonyl (C=O) groups is 1. The van der Waals surface area contributed by atoms with Gasteiger partial charge in [0.25, 0.3) is 0 Å². The summed E-state index contributed by atoms with van der Waals surface area (Å²) >= 11 is 0. The zero-order valence-electron chi connectivity index (χ0n) is 8.88. The van der Waals surface area contributed by atoms with E-state index in [1.807, 2.05) is 0 Å². The van der Waals surface area contributed by atoms with Gasteiger partial charge in [0.15, 0.2) is 17.2 Å². The first-order valence-corrected chi connectivity index (χ1v) is 4.67. The molecule has 0 atom stereocenters. The van der Waals surface area contributed by atoms with Crippen molar-refractivity contribution in [2.24, 2.45) is 0 Å². The third kappa shape index (κ3) is 1.92. The fraction of sp³-hybridized carbons (Fsp3) is 0.0909. The van der Waals surface area contributed by atoms with Gasteiger partial charge in [-0.05, 0) is 6.07 Å². The number of pyridine rings is 1. The normalized spacial score (nSPS) is 10.2. The van der Waals surface area contributed by atoms with Gasteiger partial charge in [0, 0.05) is 11.6 Å². The first-order valence-electron chi connectivity index (χ1n) is 4.67. The summed E-state index contributed by atoms with van der Waals surface area (Å²) in [6, 6.07) is 3.07. The summed E-state index contributed by atoms with van der Waals surface area (Å²) in [6.45, 7) is 0. The number of aromatic nitrogens is 1. The minimum Gasteiger partial charge on any atom is -0.503 e. The summed E-state index contributed by atoms with van der Waals surface area (Å²) in [6.07, 6.45) is 2.86. The standard InChI is InChI=1S/C11H9NO5/c1-16-8-4-7(6-2-3-17-5-6)12-9(10(8)13)11(14)15/h2-5,13H,1H3,(H,14,15). The Morgan fingerprint density at radius 2 is 2.29 bits per heavy atom. The number of carboxylic acid groups (broad SMARTS) is 1. The Bertz CT molecular complexity index is 547. The molecular formula is C11H9NO5. The third-order valence-corrected chi connectivity index (χ3v) is 2.20. The van der Waals surface area contributed by atoms with Gasteiger partial charge in [-0.25, -0.2) is 9.78 Å². The average molecular weight is 235 g/mol. The Balaban J connectivity index is 2.63. The van der Waals surface area contributed by atoms with Gasteiger partial charge in [0.2, 0.25) is 0 Å². The number of aromatic carboxylic acids is 1. The Hall–Kier alpha value is -2.50. The molecule has 88 valence electrons. The Labute approximate surface area is 96.1 Å². The van der Waals surface area contributed by atoms with Gasteiger partial charge in [0.05, 0.1) is 25.3 Å². The van der Waals surface area contributed by atoms with Crippen LogP contribution in [0.1, 0.15) is 10.5 Å². The molecule has 0 saturated heterocycles. The van der Waals surface area contributed by atoms with Crippen LogP contribution in [0, 0.1) is 0 Å². The van der Waals surface area contributed by atoms with Crippen LogP contribution in [0.4, 0.5) is 0 Å². The van der Waals surface area contributed by atoms with Crippen molar-refractivity contribution in [3.63, 3.8) is 0 Å². The number of rotatable bonds is 3.